The molecule has 0 saturated heterocycles. The summed E-state index contributed by atoms with van der Waals surface area (Å²) in [7, 11) is 0. The van der Waals surface area contributed by atoms with Crippen LogP contribution in [0.15, 0.2) is 81.5 Å². The van der Waals surface area contributed by atoms with E-state index in [2.05, 4.69) is 56.8 Å². The summed E-state index contributed by atoms with van der Waals surface area (Å²) in [5.41, 5.74) is 8.94. The van der Waals surface area contributed by atoms with Crippen LogP contribution in [0.4, 0.5) is 5.69 Å². The molecule has 12 N–H and O–H groups in total. The van der Waals surface area contributed by atoms with Gasteiger partial charge < -0.3 is 62.7 Å². The van der Waals surface area contributed by atoms with Crippen LogP contribution in [0.25, 0.3) is 49.3 Å². The Bertz CT molecular complexity index is 4370. The average molecular weight is 1330 g/mol. The highest BCUT2D eigenvalue weighted by molar-refractivity contribution is 8.14. The molecule has 2 aliphatic rings. The number of hydrogen-bond donors (Lipinski definition) is 11. The topological polar surface area (TPSA) is 398 Å². The number of anilines is 1. The maximum atomic E-state index is 14.6. The molecule has 6 atom stereocenters. The quantitative estimate of drug-likeness (QED) is 0.0759. The van der Waals surface area contributed by atoms with Crippen LogP contribution in [0.5, 0.6) is 5.75 Å². The van der Waals surface area contributed by atoms with Gasteiger partial charge in [-0.15, -0.1) is 56.7 Å². The van der Waals surface area contributed by atoms with Gasteiger partial charge in [-0.3, -0.25) is 33.6 Å². The number of carbonyl (C=O) groups is 8. The first-order chi connectivity index (χ1) is 43.2. The second-order valence-corrected chi connectivity index (χ2v) is 25.9. The molecule has 32 heteroatoms. The number of aliphatic hydroxyl groups excluding tert-OH is 2. The predicted molar refractivity (Wildman–Crippen MR) is 339 cm³/mol. The molecule has 90 heavy (non-hydrogen) atoms. The molecule has 2 aromatic carbocycles. The molecule has 462 valence electrons. The number of rotatable bonds is 8. The Balaban J connectivity index is 1.01. The van der Waals surface area contributed by atoms with Crippen molar-refractivity contribution in [2.75, 3.05) is 17.6 Å². The van der Waals surface area contributed by atoms with Gasteiger partial charge in [0, 0.05) is 67.8 Å². The molecule has 2 aliphatic heterocycles. The van der Waals surface area contributed by atoms with E-state index in [-0.39, 0.29) is 101 Å². The van der Waals surface area contributed by atoms with E-state index in [0.717, 1.165) is 74.0 Å². The number of carbonyl (C=O) groups excluding carboxylic acids is 8. The van der Waals surface area contributed by atoms with Crippen LogP contribution in [-0.4, -0.2) is 133 Å². The molecule has 0 spiro atoms. The van der Waals surface area contributed by atoms with Crippen molar-refractivity contribution in [1.29, 1.82) is 0 Å². The third-order valence-electron chi connectivity index (χ3n) is 14.2. The second kappa shape index (κ2) is 26.5. The summed E-state index contributed by atoms with van der Waals surface area (Å²) in [6.45, 7) is 6.17. The highest BCUT2D eigenvalue weighted by Gasteiger charge is 2.34. The van der Waals surface area contributed by atoms with Gasteiger partial charge in [-0.1, -0.05) is 42.1 Å². The Morgan fingerprint density at radius 1 is 0.778 bits per heavy atom. The number of nitrogens with two attached hydrogens (primary N) is 1. The molecule has 12 bridgehead atoms. The van der Waals surface area contributed by atoms with Crippen molar-refractivity contribution in [1.82, 2.24) is 61.5 Å². The molecule has 0 radical (unpaired) electrons. The summed E-state index contributed by atoms with van der Waals surface area (Å²) in [4.78, 5) is 142. The smallest absolute Gasteiger partial charge is 0.335 e. The number of ether oxygens (including phenoxy) is 1. The Hall–Kier alpha value is -9.15. The fraction of sp³-hybridized carbons (Fsp3) is 0.241. The van der Waals surface area contributed by atoms with Crippen molar-refractivity contribution in [3.8, 4) is 38.4 Å². The predicted octanol–water partition coefficient (Wildman–Crippen LogP) is 6.16. The van der Waals surface area contributed by atoms with Crippen LogP contribution >= 0.6 is 68.4 Å². The number of hydrogen-bond acceptors (Lipinski definition) is 25. The molecule has 26 nitrogen and oxygen atoms in total. The molecular weight excluding hydrogens is 1280 g/mol. The van der Waals surface area contributed by atoms with E-state index in [4.69, 9.17) is 20.4 Å². The van der Waals surface area contributed by atoms with E-state index in [1.54, 1.807) is 43.5 Å². The number of benzene rings is 2. The van der Waals surface area contributed by atoms with Gasteiger partial charge in [-0.25, -0.2) is 34.7 Å². The summed E-state index contributed by atoms with van der Waals surface area (Å²) >= 11 is 5.78. The van der Waals surface area contributed by atoms with Gasteiger partial charge in [-0.2, -0.15) is 0 Å². The third-order valence-corrected chi connectivity index (χ3v) is 19.7. The lowest BCUT2D eigenvalue weighted by Gasteiger charge is -2.21. The number of fused-ring (bicyclic) bond motifs is 13. The minimum atomic E-state index is -1.84. The number of aromatic nitrogens is 7. The maximum absolute atomic E-state index is 14.6. The van der Waals surface area contributed by atoms with Crippen molar-refractivity contribution in [3.05, 3.63) is 142 Å². The number of H-pyrrole nitrogens is 1. The lowest BCUT2D eigenvalue weighted by Crippen LogP contribution is -2.52. The summed E-state index contributed by atoms with van der Waals surface area (Å²) < 4.78 is 5.65. The number of nitrogens with one attached hydrogen (secondary N) is 7. The minimum Gasteiger partial charge on any atom is -0.506 e. The number of thiazole rings is 5. The van der Waals surface area contributed by atoms with Crippen LogP contribution in [0.2, 0.25) is 0 Å². The zero-order chi connectivity index (χ0) is 63.7. The summed E-state index contributed by atoms with van der Waals surface area (Å²) in [6.07, 6.45) is -2.30. The lowest BCUT2D eigenvalue weighted by atomic mass is 10.1. The first kappa shape index (κ1) is 62.5. The highest BCUT2D eigenvalue weighted by atomic mass is 32.2. The van der Waals surface area contributed by atoms with Gasteiger partial charge in [0.25, 0.3) is 23.6 Å². The maximum Gasteiger partial charge on any atom is 0.335 e. The zero-order valence-electron chi connectivity index (χ0n) is 47.6. The van der Waals surface area contributed by atoms with Crippen molar-refractivity contribution in [3.63, 3.8) is 0 Å². The fourth-order valence-electron chi connectivity index (χ4n) is 9.61. The number of pyridine rings is 1. The molecule has 0 aliphatic carbocycles. The normalized spacial score (nSPS) is 18.9. The number of primary amides is 1. The largest absolute Gasteiger partial charge is 0.506 e. The van der Waals surface area contributed by atoms with Crippen molar-refractivity contribution < 1.29 is 58.4 Å². The number of thioether (sulfide) groups is 1. The van der Waals surface area contributed by atoms with E-state index in [1.165, 1.54) is 40.6 Å². The SMILES string of the molecule is C/C=C1\NC(=O)[C@H]([C@@H](C)O)NC(=O)c2csc(n2)-c2cc(O)c(-c3nc(C(=O)NC(CNc4cccc(C)c4)C(N)=O)cs3)nc2-c2csc(n2)[C@@H]2CSC(=O)c3[nH]c4cccc(c4c3C)COC(=O)[C@H](O)C[C@H](NC(=O)c3csc1n3)c1nc(cs1)C(=O)N2. The van der Waals surface area contributed by atoms with Gasteiger partial charge >= 0.3 is 5.97 Å². The van der Waals surface area contributed by atoms with Crippen molar-refractivity contribution in [2.45, 2.75) is 77.1 Å². The molecule has 0 saturated carbocycles. The minimum absolute atomic E-state index is 0.0456. The summed E-state index contributed by atoms with van der Waals surface area (Å²) in [6, 6.07) is 8.87. The number of aromatic amines is 1. The standard InChI is InChI=1S/C58H52N14O12S6/c1-5-29-53-68-34(19-87-53)47(77)63-31-14-40(75)57(82)84-16-26-9-7-11-30-41(26)24(3)42(61-30)58(83)90-22-38(65-49(79)35-20-88-54(31)69-35)55-66-33(17-86-55)44-28(52-67-37(18-85-52)50(80)72-43(25(4)73)51(81)62-29)13-39(74)45(71-44)56-70-36(21-89-56)48(78)64-32(46(59)76)15-60-27-10-6-8-23(2)12-27/h5-13,17-21,25,31-32,38,40,43,60-61,73-75H,14-16,22H2,1-4H3,(H2,59,76)(H,62,81)(H,63,77)(H,64,78)(H,65,79)(H,72,80)/b29-5-/t25-,31+,32?,38+,40-,43+/m1/s1. The zero-order valence-corrected chi connectivity index (χ0v) is 52.5. The van der Waals surface area contributed by atoms with Gasteiger partial charge in [-0.05, 0) is 68.7 Å². The molecule has 11 rings (SSSR count). The molecule has 9 aromatic rings. The first-order valence-corrected chi connectivity index (χ1v) is 32.7. The van der Waals surface area contributed by atoms with E-state index in [9.17, 15) is 53.7 Å². The van der Waals surface area contributed by atoms with E-state index < -0.39 is 95.1 Å². The van der Waals surface area contributed by atoms with Gasteiger partial charge in [0.1, 0.15) is 89.3 Å². The number of nitrogens with zero attached hydrogens (tertiary/aromatic N) is 6. The molecule has 7 aromatic heterocycles. The fourth-order valence-corrected chi connectivity index (χ4v) is 14.8. The molecular formula is C58H52N14O12S6. The number of aromatic hydroxyl groups is 1. The Morgan fingerprint density at radius 3 is 2.17 bits per heavy atom. The molecule has 1 unspecified atom stereocenters. The Morgan fingerprint density at radius 2 is 1.43 bits per heavy atom. The highest BCUT2D eigenvalue weighted by Crippen LogP contribution is 2.42. The van der Waals surface area contributed by atoms with Crippen LogP contribution < -0.4 is 37.6 Å². The van der Waals surface area contributed by atoms with Crippen molar-refractivity contribution >= 4 is 137 Å². The number of amides is 6. The van der Waals surface area contributed by atoms with Crippen LogP contribution in [0.1, 0.15) is 117 Å². The summed E-state index contributed by atoms with van der Waals surface area (Å²) in [5.74, 6) is -6.42. The third kappa shape index (κ3) is 13.4. The van der Waals surface area contributed by atoms with E-state index in [1.807, 2.05) is 25.1 Å². The van der Waals surface area contributed by atoms with E-state index in [0.29, 0.717) is 27.7 Å². The number of aryl methyl sites for hydroxylation is 2. The Labute approximate surface area is 534 Å². The van der Waals surface area contributed by atoms with Crippen LogP contribution in [0, 0.1) is 13.8 Å². The van der Waals surface area contributed by atoms with Crippen LogP contribution in [-0.2, 0) is 25.7 Å². The van der Waals surface area contributed by atoms with Gasteiger partial charge in [0.15, 0.2) is 6.10 Å². The average Bonchev–Trinajstić information content (AvgIpc) is 1.59. The number of allylic oxidation sites excluding steroid dienone is 1. The second-order valence-electron chi connectivity index (χ2n) is 20.5. The number of cyclic esters (lactones) is 1. The van der Waals surface area contributed by atoms with Crippen molar-refractivity contribution in [2.24, 2.45) is 5.73 Å². The van der Waals surface area contributed by atoms with Gasteiger partial charge in [0.2, 0.25) is 16.9 Å². The van der Waals surface area contributed by atoms with E-state index >= 15 is 0 Å². The number of esters is 1. The number of aliphatic hydroxyl groups is 2. The monoisotopic (exact) mass is 1330 g/mol. The molecule has 9 heterocycles. The lowest BCUT2D eigenvalue weighted by molar-refractivity contribution is -0.155. The Kier molecular flexibility index (Phi) is 18.4. The summed E-state index contributed by atoms with van der Waals surface area (Å²) in [5, 5.41) is 59.0. The van der Waals surface area contributed by atoms with Crippen LogP contribution in [0.3, 0.4) is 0 Å². The first-order valence-electron chi connectivity index (χ1n) is 27.3. The molecule has 0 fully saturated rings. The molecule has 6 amide bonds. The van der Waals surface area contributed by atoms with Gasteiger partial charge in [0.05, 0.1) is 29.6 Å².